The highest BCUT2D eigenvalue weighted by Gasteiger charge is 2.18. The molecular formula is C15H16N4OS. The lowest BCUT2D eigenvalue weighted by molar-refractivity contribution is 0.416. The summed E-state index contributed by atoms with van der Waals surface area (Å²) in [7, 11) is 1.63. The minimum absolute atomic E-state index is 0.191. The Balaban J connectivity index is 2.49. The first-order valence-corrected chi connectivity index (χ1v) is 7.33. The standard InChI is InChI=1S/C15H16N4OS/c1-4-9-19-14(12-7-5-6-8-13(12)20-3)17-18-15(19)21-11(2)10-16/h4-8,11H,1,9H2,2-3H3/t11-/m0/s1. The van der Waals surface area contributed by atoms with Crippen molar-refractivity contribution >= 4 is 11.8 Å². The van der Waals surface area contributed by atoms with E-state index in [1.54, 1.807) is 13.2 Å². The van der Waals surface area contributed by atoms with Gasteiger partial charge in [0.1, 0.15) is 5.75 Å². The van der Waals surface area contributed by atoms with Gasteiger partial charge in [0, 0.05) is 6.54 Å². The van der Waals surface area contributed by atoms with Crippen molar-refractivity contribution in [2.45, 2.75) is 23.9 Å². The van der Waals surface area contributed by atoms with E-state index in [4.69, 9.17) is 10.00 Å². The predicted octanol–water partition coefficient (Wildman–Crippen LogP) is 3.14. The van der Waals surface area contributed by atoms with Crippen LogP contribution in [-0.4, -0.2) is 27.1 Å². The molecule has 21 heavy (non-hydrogen) atoms. The van der Waals surface area contributed by atoms with Gasteiger partial charge in [0.2, 0.25) is 0 Å². The smallest absolute Gasteiger partial charge is 0.193 e. The normalized spacial score (nSPS) is 11.7. The van der Waals surface area contributed by atoms with Crippen LogP contribution in [0.25, 0.3) is 11.4 Å². The number of benzene rings is 1. The molecule has 0 saturated carbocycles. The number of nitrogens with zero attached hydrogens (tertiary/aromatic N) is 4. The van der Waals surface area contributed by atoms with Crippen molar-refractivity contribution in [1.82, 2.24) is 14.8 Å². The van der Waals surface area contributed by atoms with E-state index in [0.29, 0.717) is 17.5 Å². The molecular weight excluding hydrogens is 284 g/mol. The summed E-state index contributed by atoms with van der Waals surface area (Å²) < 4.78 is 7.31. The second kappa shape index (κ2) is 6.95. The molecule has 0 amide bonds. The highest BCUT2D eigenvalue weighted by molar-refractivity contribution is 8.00. The highest BCUT2D eigenvalue weighted by atomic mass is 32.2. The molecule has 0 unspecified atom stereocenters. The first kappa shape index (κ1) is 15.1. The van der Waals surface area contributed by atoms with E-state index >= 15 is 0 Å². The van der Waals surface area contributed by atoms with Crippen LogP contribution in [0, 0.1) is 11.3 Å². The molecule has 1 heterocycles. The Kier molecular flexibility index (Phi) is 5.01. The zero-order valence-corrected chi connectivity index (χ0v) is 12.8. The summed E-state index contributed by atoms with van der Waals surface area (Å²) in [6.07, 6.45) is 1.78. The summed E-state index contributed by atoms with van der Waals surface area (Å²) in [4.78, 5) is 0. The molecule has 1 aromatic carbocycles. The Morgan fingerprint density at radius 1 is 1.48 bits per heavy atom. The number of hydrogen-bond donors (Lipinski definition) is 0. The maximum Gasteiger partial charge on any atom is 0.193 e. The lowest BCUT2D eigenvalue weighted by atomic mass is 10.2. The lowest BCUT2D eigenvalue weighted by Gasteiger charge is -2.10. The van der Waals surface area contributed by atoms with Crippen molar-refractivity contribution < 1.29 is 4.74 Å². The van der Waals surface area contributed by atoms with Crippen molar-refractivity contribution in [3.05, 3.63) is 36.9 Å². The zero-order chi connectivity index (χ0) is 15.2. The SMILES string of the molecule is C=CCn1c(S[C@@H](C)C#N)nnc1-c1ccccc1OC. The van der Waals surface area contributed by atoms with Crippen LogP contribution in [0.3, 0.4) is 0 Å². The molecule has 0 aliphatic heterocycles. The van der Waals surface area contributed by atoms with Crippen LogP contribution in [0.1, 0.15) is 6.92 Å². The van der Waals surface area contributed by atoms with Gasteiger partial charge in [-0.3, -0.25) is 4.57 Å². The van der Waals surface area contributed by atoms with Crippen LogP contribution in [0.5, 0.6) is 5.75 Å². The fourth-order valence-corrected chi connectivity index (χ4v) is 2.63. The first-order chi connectivity index (χ1) is 10.2. The molecule has 6 heteroatoms. The lowest BCUT2D eigenvalue weighted by Crippen LogP contribution is -2.03. The van der Waals surface area contributed by atoms with E-state index < -0.39 is 0 Å². The summed E-state index contributed by atoms with van der Waals surface area (Å²) in [6.45, 7) is 6.18. The van der Waals surface area contributed by atoms with Gasteiger partial charge >= 0.3 is 0 Å². The molecule has 0 bridgehead atoms. The summed E-state index contributed by atoms with van der Waals surface area (Å²) in [5, 5.41) is 17.9. The first-order valence-electron chi connectivity index (χ1n) is 6.45. The van der Waals surface area contributed by atoms with Gasteiger partial charge in [-0.05, 0) is 19.1 Å². The topological polar surface area (TPSA) is 63.7 Å². The summed E-state index contributed by atoms with van der Waals surface area (Å²) in [5.74, 6) is 1.44. The number of ether oxygens (including phenoxy) is 1. The van der Waals surface area contributed by atoms with Crippen molar-refractivity contribution in [2.75, 3.05) is 7.11 Å². The second-order valence-electron chi connectivity index (χ2n) is 4.29. The molecule has 5 nitrogen and oxygen atoms in total. The summed E-state index contributed by atoms with van der Waals surface area (Å²) in [6, 6.07) is 9.84. The van der Waals surface area contributed by atoms with Crippen LogP contribution in [0.4, 0.5) is 0 Å². The summed E-state index contributed by atoms with van der Waals surface area (Å²) >= 11 is 1.38. The fraction of sp³-hybridized carbons (Fsp3) is 0.267. The molecule has 2 rings (SSSR count). The molecule has 1 aromatic heterocycles. The predicted molar refractivity (Wildman–Crippen MR) is 83.1 cm³/mol. The number of aromatic nitrogens is 3. The quantitative estimate of drug-likeness (QED) is 0.605. The third-order valence-electron chi connectivity index (χ3n) is 2.84. The number of methoxy groups -OCH3 is 1. The van der Waals surface area contributed by atoms with E-state index in [9.17, 15) is 0 Å². The van der Waals surface area contributed by atoms with E-state index in [-0.39, 0.29) is 5.25 Å². The van der Waals surface area contributed by atoms with Crippen LogP contribution in [0.2, 0.25) is 0 Å². The molecule has 108 valence electrons. The minimum Gasteiger partial charge on any atom is -0.496 e. The average molecular weight is 300 g/mol. The number of rotatable bonds is 6. The molecule has 0 radical (unpaired) electrons. The van der Waals surface area contributed by atoms with Gasteiger partial charge in [-0.2, -0.15) is 5.26 Å². The highest BCUT2D eigenvalue weighted by Crippen LogP contribution is 2.31. The molecule has 0 fully saturated rings. The maximum atomic E-state index is 8.95. The van der Waals surface area contributed by atoms with Gasteiger partial charge in [0.25, 0.3) is 0 Å². The van der Waals surface area contributed by atoms with E-state index in [0.717, 1.165) is 11.3 Å². The van der Waals surface area contributed by atoms with Crippen LogP contribution in [-0.2, 0) is 6.54 Å². The van der Waals surface area contributed by atoms with E-state index in [2.05, 4.69) is 22.8 Å². The molecule has 0 spiro atoms. The van der Waals surface area contributed by atoms with Crippen LogP contribution in [0.15, 0.2) is 42.1 Å². The van der Waals surface area contributed by atoms with E-state index in [1.807, 2.05) is 35.8 Å². The molecule has 0 aliphatic rings. The number of thioether (sulfide) groups is 1. The molecule has 1 atom stereocenters. The number of nitriles is 1. The maximum absolute atomic E-state index is 8.95. The largest absolute Gasteiger partial charge is 0.496 e. The Morgan fingerprint density at radius 2 is 2.24 bits per heavy atom. The van der Waals surface area contributed by atoms with Gasteiger partial charge < -0.3 is 4.74 Å². The van der Waals surface area contributed by atoms with Crippen LogP contribution < -0.4 is 4.74 Å². The Hall–Kier alpha value is -2.26. The van der Waals surface area contributed by atoms with E-state index in [1.165, 1.54) is 11.8 Å². The minimum atomic E-state index is -0.191. The molecule has 0 N–H and O–H groups in total. The number of allylic oxidation sites excluding steroid dienone is 1. The van der Waals surface area contributed by atoms with Crippen molar-refractivity contribution in [3.8, 4) is 23.2 Å². The second-order valence-corrected chi connectivity index (χ2v) is 5.60. The number of para-hydroxylation sites is 1. The van der Waals surface area contributed by atoms with Crippen LogP contribution >= 0.6 is 11.8 Å². The molecule has 0 saturated heterocycles. The number of hydrogen-bond acceptors (Lipinski definition) is 5. The third kappa shape index (κ3) is 3.26. The third-order valence-corrected chi connectivity index (χ3v) is 3.81. The van der Waals surface area contributed by atoms with Crippen molar-refractivity contribution in [1.29, 1.82) is 5.26 Å². The van der Waals surface area contributed by atoms with Gasteiger partial charge in [-0.15, -0.1) is 16.8 Å². The fourth-order valence-electron chi connectivity index (χ4n) is 1.88. The Morgan fingerprint density at radius 3 is 2.90 bits per heavy atom. The molecule has 2 aromatic rings. The van der Waals surface area contributed by atoms with Crippen molar-refractivity contribution in [3.63, 3.8) is 0 Å². The zero-order valence-electron chi connectivity index (χ0n) is 12.0. The van der Waals surface area contributed by atoms with Gasteiger partial charge in [-0.1, -0.05) is 30.0 Å². The molecule has 0 aliphatic carbocycles. The van der Waals surface area contributed by atoms with Gasteiger partial charge in [0.15, 0.2) is 11.0 Å². The summed E-state index contributed by atoms with van der Waals surface area (Å²) in [5.41, 5.74) is 0.866. The average Bonchev–Trinajstić information content (AvgIpc) is 2.90. The Labute approximate surface area is 128 Å². The van der Waals surface area contributed by atoms with Crippen molar-refractivity contribution in [2.24, 2.45) is 0 Å². The van der Waals surface area contributed by atoms with Gasteiger partial charge in [0.05, 0.1) is 24.0 Å². The van der Waals surface area contributed by atoms with Gasteiger partial charge in [-0.25, -0.2) is 0 Å². The monoisotopic (exact) mass is 300 g/mol. The Bertz CT molecular complexity index is 675.